The Balaban J connectivity index is 1.24. The van der Waals surface area contributed by atoms with Crippen LogP contribution in [0.2, 0.25) is 0 Å². The minimum Gasteiger partial charge on any atom is -0.445 e. The van der Waals surface area contributed by atoms with Gasteiger partial charge in [-0.25, -0.2) is 4.79 Å². The molecule has 5 rings (SSSR count). The summed E-state index contributed by atoms with van der Waals surface area (Å²) in [6.07, 6.45) is 13.4. The second-order valence-corrected chi connectivity index (χ2v) is 16.2. The van der Waals surface area contributed by atoms with E-state index in [4.69, 9.17) is 14.2 Å². The molecule has 3 aromatic carbocycles. The Morgan fingerprint density at radius 2 is 1.34 bits per heavy atom. The number of carbonyl (C=O) groups is 3. The number of ether oxygens (including phenoxy) is 3. The lowest BCUT2D eigenvalue weighted by atomic mass is 9.90. The third-order valence-electron chi connectivity index (χ3n) is 11.6. The number of benzene rings is 3. The van der Waals surface area contributed by atoms with Gasteiger partial charge in [0.05, 0.1) is 31.8 Å². The molecule has 0 aromatic heterocycles. The number of rotatable bonds is 24. The van der Waals surface area contributed by atoms with Crippen LogP contribution in [0.1, 0.15) is 144 Å². The van der Waals surface area contributed by atoms with Crippen LogP contribution in [0, 0.1) is 5.92 Å². The minimum absolute atomic E-state index is 0.0129. The van der Waals surface area contributed by atoms with Gasteiger partial charge in [0.15, 0.2) is 6.29 Å². The van der Waals surface area contributed by atoms with E-state index < -0.39 is 24.3 Å². The SMILES string of the molecule is CCCCCCCCN(CCCCCCCC)C[C@@H]1O[C@H](c2ccc(CN3C(=O)CC(NC(=O)OCc4ccccc4)C3=O)cc2)O[C@H](c2ccc(CO)cc2)[C@@H]1C. The molecule has 5 atom stereocenters. The minimum atomic E-state index is -0.969. The van der Waals surface area contributed by atoms with E-state index >= 15 is 0 Å². The van der Waals surface area contributed by atoms with Gasteiger partial charge in [-0.05, 0) is 48.2 Å². The van der Waals surface area contributed by atoms with E-state index in [9.17, 15) is 19.5 Å². The van der Waals surface area contributed by atoms with Gasteiger partial charge in [0.25, 0.3) is 5.91 Å². The molecule has 0 radical (unpaired) electrons. The van der Waals surface area contributed by atoms with Crippen LogP contribution in [-0.2, 0) is 43.6 Å². The molecule has 1 unspecified atom stereocenters. The van der Waals surface area contributed by atoms with Gasteiger partial charge in [0, 0.05) is 18.0 Å². The van der Waals surface area contributed by atoms with E-state index in [1.165, 1.54) is 81.9 Å². The zero-order valence-corrected chi connectivity index (χ0v) is 35.1. The molecule has 2 N–H and O–H groups in total. The highest BCUT2D eigenvalue weighted by Gasteiger charge is 2.41. The van der Waals surface area contributed by atoms with Gasteiger partial charge in [-0.1, -0.05) is 164 Å². The van der Waals surface area contributed by atoms with Gasteiger partial charge in [-0.2, -0.15) is 0 Å². The number of aliphatic hydroxyl groups is 1. The summed E-state index contributed by atoms with van der Waals surface area (Å²) in [5, 5.41) is 12.3. The van der Waals surface area contributed by atoms with Crippen molar-refractivity contribution < 1.29 is 33.7 Å². The van der Waals surface area contributed by atoms with E-state index in [-0.39, 0.29) is 50.2 Å². The first kappa shape index (κ1) is 45.0. The van der Waals surface area contributed by atoms with Gasteiger partial charge in [-0.3, -0.25) is 14.5 Å². The summed E-state index contributed by atoms with van der Waals surface area (Å²) >= 11 is 0. The van der Waals surface area contributed by atoms with Gasteiger partial charge in [0.2, 0.25) is 5.91 Å². The molecule has 2 saturated heterocycles. The Labute approximate surface area is 346 Å². The predicted molar refractivity (Wildman–Crippen MR) is 226 cm³/mol. The van der Waals surface area contributed by atoms with E-state index in [1.807, 2.05) is 66.7 Å². The van der Waals surface area contributed by atoms with Crippen molar-refractivity contribution in [1.82, 2.24) is 15.1 Å². The molecule has 316 valence electrons. The normalized spacial score (nSPS) is 20.8. The maximum absolute atomic E-state index is 13.2. The number of nitrogens with one attached hydrogen (secondary N) is 1. The van der Waals surface area contributed by atoms with Crippen LogP contribution in [0.3, 0.4) is 0 Å². The van der Waals surface area contributed by atoms with Crippen molar-refractivity contribution in [2.45, 2.75) is 149 Å². The quantitative estimate of drug-likeness (QED) is 0.0680. The number of hydrogen-bond acceptors (Lipinski definition) is 8. The van der Waals surface area contributed by atoms with Crippen LogP contribution in [-0.4, -0.2) is 64.6 Å². The third kappa shape index (κ3) is 13.8. The van der Waals surface area contributed by atoms with Crippen LogP contribution in [0.15, 0.2) is 78.9 Å². The van der Waals surface area contributed by atoms with Crippen molar-refractivity contribution >= 4 is 17.9 Å². The second kappa shape index (κ2) is 24.1. The van der Waals surface area contributed by atoms with Crippen LogP contribution in [0.4, 0.5) is 4.79 Å². The number of hydrogen-bond donors (Lipinski definition) is 2. The molecular weight excluding hydrogens is 731 g/mol. The molecule has 58 heavy (non-hydrogen) atoms. The van der Waals surface area contributed by atoms with Crippen LogP contribution < -0.4 is 5.32 Å². The Bertz CT molecular complexity index is 1650. The first-order chi connectivity index (χ1) is 28.3. The fourth-order valence-electron chi connectivity index (χ4n) is 7.94. The lowest BCUT2D eigenvalue weighted by Crippen LogP contribution is -2.45. The molecule has 10 heteroatoms. The molecule has 2 heterocycles. The summed E-state index contributed by atoms with van der Waals surface area (Å²) in [5.74, 6) is -0.723. The molecule has 2 fully saturated rings. The zero-order chi connectivity index (χ0) is 41.1. The predicted octanol–water partition coefficient (Wildman–Crippen LogP) is 9.55. The highest BCUT2D eigenvalue weighted by Crippen LogP contribution is 2.42. The lowest BCUT2D eigenvalue weighted by Gasteiger charge is -2.43. The van der Waals surface area contributed by atoms with Gasteiger partial charge in [0.1, 0.15) is 12.6 Å². The van der Waals surface area contributed by atoms with Crippen LogP contribution in [0.5, 0.6) is 0 Å². The Hall–Kier alpha value is -4.09. The number of imide groups is 1. The summed E-state index contributed by atoms with van der Waals surface area (Å²) in [6.45, 7) is 9.82. The maximum Gasteiger partial charge on any atom is 0.408 e. The van der Waals surface area contributed by atoms with Gasteiger partial charge in [-0.15, -0.1) is 0 Å². The number of unbranched alkanes of at least 4 members (excludes halogenated alkanes) is 10. The van der Waals surface area contributed by atoms with Gasteiger partial charge >= 0.3 is 6.09 Å². The number of likely N-dealkylation sites (tertiary alicyclic amines) is 1. The van der Waals surface area contributed by atoms with E-state index in [0.717, 1.165) is 47.5 Å². The van der Waals surface area contributed by atoms with Crippen LogP contribution >= 0.6 is 0 Å². The topological polar surface area (TPSA) is 118 Å². The van der Waals surface area contributed by atoms with Crippen molar-refractivity contribution in [1.29, 1.82) is 0 Å². The molecule has 0 bridgehead atoms. The van der Waals surface area contributed by atoms with Crippen molar-refractivity contribution in [3.05, 3.63) is 107 Å². The highest BCUT2D eigenvalue weighted by atomic mass is 16.7. The number of amides is 3. The average molecular weight is 798 g/mol. The molecular formula is C48H67N3O7. The van der Waals surface area contributed by atoms with Gasteiger partial charge < -0.3 is 29.5 Å². The Morgan fingerprint density at radius 3 is 1.97 bits per heavy atom. The molecule has 10 nitrogen and oxygen atoms in total. The van der Waals surface area contributed by atoms with E-state index in [1.54, 1.807) is 0 Å². The monoisotopic (exact) mass is 797 g/mol. The van der Waals surface area contributed by atoms with E-state index in [2.05, 4.69) is 43.1 Å². The summed E-state index contributed by atoms with van der Waals surface area (Å²) in [4.78, 5) is 42.4. The summed E-state index contributed by atoms with van der Waals surface area (Å²) in [6, 6.07) is 24.0. The third-order valence-corrected chi connectivity index (χ3v) is 11.6. The molecule has 0 saturated carbocycles. The molecule has 0 spiro atoms. The first-order valence-electron chi connectivity index (χ1n) is 21.9. The Morgan fingerprint density at radius 1 is 0.759 bits per heavy atom. The lowest BCUT2D eigenvalue weighted by molar-refractivity contribution is -0.276. The first-order valence-corrected chi connectivity index (χ1v) is 21.9. The number of alkyl carbamates (subject to hydrolysis) is 1. The van der Waals surface area contributed by atoms with Crippen molar-refractivity contribution in [2.75, 3.05) is 19.6 Å². The molecule has 2 aliphatic heterocycles. The summed E-state index contributed by atoms with van der Waals surface area (Å²) < 4.78 is 18.9. The maximum atomic E-state index is 13.2. The molecule has 0 aliphatic carbocycles. The summed E-state index contributed by atoms with van der Waals surface area (Å²) in [5.41, 5.74) is 4.37. The van der Waals surface area contributed by atoms with Crippen molar-refractivity contribution in [3.63, 3.8) is 0 Å². The molecule has 2 aliphatic rings. The fourth-order valence-corrected chi connectivity index (χ4v) is 7.94. The standard InChI is InChI=1S/C48H67N3O7/c1-4-6-8-10-12-17-29-50(30-18-13-11-9-7-5-2)33-43-36(3)45(40-25-23-38(34-52)24-26-40)58-47(57-43)41-27-21-37(22-28-41)32-51-44(53)31-42(46(51)54)49-48(55)56-35-39-19-15-14-16-20-39/h14-16,19-28,36,42-43,45,47,52H,4-13,17-18,29-35H2,1-3H3,(H,49,55)/t36-,42?,43+,45+,47+/m1/s1. The Kier molecular flexibility index (Phi) is 18.7. The van der Waals surface area contributed by atoms with Crippen molar-refractivity contribution in [3.8, 4) is 0 Å². The second-order valence-electron chi connectivity index (χ2n) is 16.2. The highest BCUT2D eigenvalue weighted by molar-refractivity contribution is 6.06. The zero-order valence-electron chi connectivity index (χ0n) is 35.1. The number of aliphatic hydroxyl groups excluding tert-OH is 1. The summed E-state index contributed by atoms with van der Waals surface area (Å²) in [7, 11) is 0. The number of nitrogens with zero attached hydrogens (tertiary/aromatic N) is 2. The fraction of sp³-hybridized carbons (Fsp3) is 0.562. The van der Waals surface area contributed by atoms with Crippen LogP contribution in [0.25, 0.3) is 0 Å². The average Bonchev–Trinajstić information content (AvgIpc) is 3.50. The smallest absolute Gasteiger partial charge is 0.408 e. The van der Waals surface area contributed by atoms with Crippen molar-refractivity contribution in [2.24, 2.45) is 5.92 Å². The van der Waals surface area contributed by atoms with E-state index in [0.29, 0.717) is 0 Å². The largest absolute Gasteiger partial charge is 0.445 e. The number of carbonyl (C=O) groups excluding carboxylic acids is 3. The molecule has 3 aromatic rings. The molecule has 3 amide bonds.